The van der Waals surface area contributed by atoms with E-state index >= 15 is 0 Å². The van der Waals surface area contributed by atoms with Gasteiger partial charge < -0.3 is 5.73 Å². The van der Waals surface area contributed by atoms with Crippen LogP contribution in [0.25, 0.3) is 0 Å². The minimum atomic E-state index is -0.427. The Morgan fingerprint density at radius 3 is 2.29 bits per heavy atom. The first-order valence-electron chi connectivity index (χ1n) is 7.48. The van der Waals surface area contributed by atoms with E-state index in [0.717, 1.165) is 12.0 Å². The van der Waals surface area contributed by atoms with Gasteiger partial charge in [0.1, 0.15) is 5.82 Å². The summed E-state index contributed by atoms with van der Waals surface area (Å²) in [5.74, 6) is -0.206. The van der Waals surface area contributed by atoms with E-state index in [4.69, 9.17) is 5.73 Å². The molecule has 2 rings (SSSR count). The molecule has 2 aromatic carbocycles. The molecular formula is C19H24FN. The maximum atomic E-state index is 14.2. The van der Waals surface area contributed by atoms with Gasteiger partial charge in [-0.3, -0.25) is 0 Å². The molecule has 0 bridgehead atoms. The zero-order valence-corrected chi connectivity index (χ0v) is 13.3. The van der Waals surface area contributed by atoms with Crippen molar-refractivity contribution in [2.45, 2.75) is 45.6 Å². The topological polar surface area (TPSA) is 26.0 Å². The molecule has 2 heteroatoms. The van der Waals surface area contributed by atoms with E-state index in [9.17, 15) is 4.39 Å². The molecule has 2 N–H and O–H groups in total. The smallest absolute Gasteiger partial charge is 0.131 e. The molecule has 0 aromatic heterocycles. The summed E-state index contributed by atoms with van der Waals surface area (Å²) >= 11 is 0. The quantitative estimate of drug-likeness (QED) is 0.852. The molecule has 0 aliphatic heterocycles. The summed E-state index contributed by atoms with van der Waals surface area (Å²) in [5.41, 5.74) is 9.80. The van der Waals surface area contributed by atoms with Crippen molar-refractivity contribution in [3.8, 4) is 0 Å². The number of hydrogen-bond donors (Lipinski definition) is 1. The lowest BCUT2D eigenvalue weighted by atomic mass is 9.81. The molecule has 1 nitrogen and oxygen atoms in total. The average molecular weight is 285 g/mol. The number of rotatable bonds is 4. The summed E-state index contributed by atoms with van der Waals surface area (Å²) in [7, 11) is 0. The highest BCUT2D eigenvalue weighted by Crippen LogP contribution is 2.29. The fourth-order valence-corrected chi connectivity index (χ4v) is 2.44. The van der Waals surface area contributed by atoms with Crippen molar-refractivity contribution in [3.05, 3.63) is 70.5 Å². The van der Waals surface area contributed by atoms with Crippen molar-refractivity contribution in [1.29, 1.82) is 0 Å². The van der Waals surface area contributed by atoms with E-state index in [1.54, 1.807) is 19.1 Å². The Hall–Kier alpha value is -1.67. The van der Waals surface area contributed by atoms with Gasteiger partial charge in [-0.2, -0.15) is 0 Å². The fraction of sp³-hybridized carbons (Fsp3) is 0.368. The second kappa shape index (κ2) is 5.98. The second-order valence-corrected chi connectivity index (χ2v) is 6.32. The summed E-state index contributed by atoms with van der Waals surface area (Å²) in [6.45, 7) is 8.39. The minimum Gasteiger partial charge on any atom is -0.320 e. The standard InChI is InChI=1S/C19H24FN/c1-5-19(3,4)15-11-9-14(10-12-15)18(21)16-8-6-7-13(2)17(16)20/h6-12,18H,5,21H2,1-4H3. The zero-order valence-electron chi connectivity index (χ0n) is 13.3. The second-order valence-electron chi connectivity index (χ2n) is 6.32. The van der Waals surface area contributed by atoms with Crippen molar-refractivity contribution in [2.24, 2.45) is 5.73 Å². The first kappa shape index (κ1) is 15.7. The average Bonchev–Trinajstić information content (AvgIpc) is 2.49. The molecule has 0 radical (unpaired) electrons. The summed E-state index contributed by atoms with van der Waals surface area (Å²) < 4.78 is 14.2. The Morgan fingerprint density at radius 2 is 1.71 bits per heavy atom. The molecule has 0 fully saturated rings. The lowest BCUT2D eigenvalue weighted by Gasteiger charge is -2.24. The van der Waals surface area contributed by atoms with Crippen LogP contribution < -0.4 is 5.73 Å². The molecule has 0 saturated heterocycles. The highest BCUT2D eigenvalue weighted by atomic mass is 19.1. The SMILES string of the molecule is CCC(C)(C)c1ccc(C(N)c2cccc(C)c2F)cc1. The fourth-order valence-electron chi connectivity index (χ4n) is 2.44. The molecule has 0 aliphatic carbocycles. The van der Waals surface area contributed by atoms with Crippen molar-refractivity contribution in [1.82, 2.24) is 0 Å². The van der Waals surface area contributed by atoms with Gasteiger partial charge in [0.05, 0.1) is 6.04 Å². The molecule has 0 saturated carbocycles. The van der Waals surface area contributed by atoms with Gasteiger partial charge in [-0.25, -0.2) is 4.39 Å². The van der Waals surface area contributed by atoms with Gasteiger partial charge in [-0.1, -0.05) is 63.2 Å². The van der Waals surface area contributed by atoms with Gasteiger partial charge in [0.2, 0.25) is 0 Å². The molecule has 0 aliphatic rings. The Bertz CT molecular complexity index is 614. The van der Waals surface area contributed by atoms with E-state index < -0.39 is 6.04 Å². The van der Waals surface area contributed by atoms with Crippen LogP contribution in [-0.4, -0.2) is 0 Å². The van der Waals surface area contributed by atoms with E-state index in [2.05, 4.69) is 32.9 Å². The van der Waals surface area contributed by atoms with E-state index in [-0.39, 0.29) is 11.2 Å². The van der Waals surface area contributed by atoms with Crippen LogP contribution >= 0.6 is 0 Å². The van der Waals surface area contributed by atoms with Gasteiger partial charge in [0, 0.05) is 5.56 Å². The first-order chi connectivity index (χ1) is 9.86. The summed E-state index contributed by atoms with van der Waals surface area (Å²) in [6.07, 6.45) is 1.07. The van der Waals surface area contributed by atoms with Crippen molar-refractivity contribution < 1.29 is 4.39 Å². The lowest BCUT2D eigenvalue weighted by molar-refractivity contribution is 0.506. The minimum absolute atomic E-state index is 0.150. The predicted octanol–water partition coefficient (Wildman–Crippen LogP) is 4.87. The summed E-state index contributed by atoms with van der Waals surface area (Å²) in [5, 5.41) is 0. The molecule has 1 atom stereocenters. The van der Waals surface area contributed by atoms with Crippen LogP contribution in [0.15, 0.2) is 42.5 Å². The maximum absolute atomic E-state index is 14.2. The molecule has 2 aromatic rings. The Labute approximate surface area is 127 Å². The molecule has 21 heavy (non-hydrogen) atoms. The third kappa shape index (κ3) is 3.16. The van der Waals surface area contributed by atoms with Crippen molar-refractivity contribution >= 4 is 0 Å². The van der Waals surface area contributed by atoms with Crippen LogP contribution in [0.5, 0.6) is 0 Å². The predicted molar refractivity (Wildman–Crippen MR) is 86.9 cm³/mol. The number of nitrogens with two attached hydrogens (primary N) is 1. The maximum Gasteiger partial charge on any atom is 0.131 e. The Balaban J connectivity index is 2.32. The summed E-state index contributed by atoms with van der Waals surface area (Å²) in [6, 6.07) is 13.2. The third-order valence-electron chi connectivity index (χ3n) is 4.49. The normalized spacial score (nSPS) is 13.2. The number of aryl methyl sites for hydroxylation is 1. The Kier molecular flexibility index (Phi) is 4.48. The van der Waals surface area contributed by atoms with Gasteiger partial charge in [0.25, 0.3) is 0 Å². The first-order valence-corrected chi connectivity index (χ1v) is 7.48. The molecule has 0 heterocycles. The largest absolute Gasteiger partial charge is 0.320 e. The van der Waals surface area contributed by atoms with Crippen molar-refractivity contribution in [3.63, 3.8) is 0 Å². The summed E-state index contributed by atoms with van der Waals surface area (Å²) in [4.78, 5) is 0. The van der Waals surface area contributed by atoms with Crippen LogP contribution in [0.2, 0.25) is 0 Å². The van der Waals surface area contributed by atoms with Crippen LogP contribution in [-0.2, 0) is 5.41 Å². The van der Waals surface area contributed by atoms with Crippen molar-refractivity contribution in [2.75, 3.05) is 0 Å². The zero-order chi connectivity index (χ0) is 15.6. The highest BCUT2D eigenvalue weighted by molar-refractivity contribution is 5.37. The van der Waals surface area contributed by atoms with Crippen LogP contribution in [0.3, 0.4) is 0 Å². The van der Waals surface area contributed by atoms with E-state index in [1.807, 2.05) is 18.2 Å². The Morgan fingerprint density at radius 1 is 1.10 bits per heavy atom. The number of halogens is 1. The molecular weight excluding hydrogens is 261 g/mol. The van der Waals surface area contributed by atoms with E-state index in [1.165, 1.54) is 5.56 Å². The van der Waals surface area contributed by atoms with Crippen LogP contribution in [0, 0.1) is 12.7 Å². The molecule has 1 unspecified atom stereocenters. The lowest BCUT2D eigenvalue weighted by Crippen LogP contribution is -2.17. The third-order valence-corrected chi connectivity index (χ3v) is 4.49. The number of benzene rings is 2. The van der Waals surface area contributed by atoms with Crippen LogP contribution in [0.1, 0.15) is 55.5 Å². The van der Waals surface area contributed by atoms with Gasteiger partial charge in [0.15, 0.2) is 0 Å². The monoisotopic (exact) mass is 285 g/mol. The van der Waals surface area contributed by atoms with Gasteiger partial charge in [-0.15, -0.1) is 0 Å². The highest BCUT2D eigenvalue weighted by Gasteiger charge is 2.19. The number of hydrogen-bond acceptors (Lipinski definition) is 1. The molecule has 0 spiro atoms. The molecule has 112 valence electrons. The van der Waals surface area contributed by atoms with Gasteiger partial charge in [-0.05, 0) is 35.4 Å². The van der Waals surface area contributed by atoms with E-state index in [0.29, 0.717) is 11.1 Å². The van der Waals surface area contributed by atoms with Gasteiger partial charge >= 0.3 is 0 Å². The molecule has 0 amide bonds. The van der Waals surface area contributed by atoms with Crippen LogP contribution in [0.4, 0.5) is 4.39 Å².